The third kappa shape index (κ3) is 6.37. The van der Waals surface area contributed by atoms with Gasteiger partial charge in [0, 0.05) is 11.1 Å². The predicted octanol–water partition coefficient (Wildman–Crippen LogP) is 1.98. The molecule has 28 heavy (non-hydrogen) atoms. The van der Waals surface area contributed by atoms with Crippen LogP contribution in [0, 0.1) is 0 Å². The van der Waals surface area contributed by atoms with Gasteiger partial charge in [-0.2, -0.15) is 0 Å². The molecule has 1 atom stereocenters. The second-order valence-corrected chi connectivity index (χ2v) is 6.50. The molecule has 0 fully saturated rings. The van der Waals surface area contributed by atoms with E-state index in [-0.39, 0.29) is 13.0 Å². The number of carbonyl (C=O) groups is 3. The molecule has 7 nitrogen and oxygen atoms in total. The molecule has 0 unspecified atom stereocenters. The Kier molecular flexibility index (Phi) is 7.98. The molecule has 4 N–H and O–H groups in total. The summed E-state index contributed by atoms with van der Waals surface area (Å²) in [5.41, 5.74) is 4.61. The SMILES string of the molecule is CCOC(=O)C[C@@H](Cc1ccc(-c2cccc(Cl)c2)cc1)NC(=O)C(=O)NN. The largest absolute Gasteiger partial charge is 0.466 e. The molecule has 2 rings (SSSR count). The van der Waals surface area contributed by atoms with Gasteiger partial charge in [0.1, 0.15) is 0 Å². The van der Waals surface area contributed by atoms with Crippen molar-refractivity contribution in [3.63, 3.8) is 0 Å². The molecule has 0 saturated carbocycles. The minimum absolute atomic E-state index is 0.0620. The molecule has 0 radical (unpaired) electrons. The average molecular weight is 404 g/mol. The molecule has 0 spiro atoms. The van der Waals surface area contributed by atoms with E-state index in [1.54, 1.807) is 18.4 Å². The quantitative estimate of drug-likeness (QED) is 0.215. The zero-order valence-electron chi connectivity index (χ0n) is 15.4. The average Bonchev–Trinajstić information content (AvgIpc) is 2.68. The molecule has 2 amide bonds. The molecular formula is C20H22ClN3O4. The second-order valence-electron chi connectivity index (χ2n) is 6.06. The Labute approximate surface area is 168 Å². The molecule has 148 valence electrons. The van der Waals surface area contributed by atoms with Crippen molar-refractivity contribution in [3.05, 3.63) is 59.1 Å². The Balaban J connectivity index is 2.12. The first-order chi connectivity index (χ1) is 13.4. The highest BCUT2D eigenvalue weighted by Gasteiger charge is 2.21. The highest BCUT2D eigenvalue weighted by Crippen LogP contribution is 2.23. The van der Waals surface area contributed by atoms with Crippen LogP contribution in [-0.2, 0) is 25.5 Å². The number of halogens is 1. The Morgan fingerprint density at radius 2 is 1.79 bits per heavy atom. The van der Waals surface area contributed by atoms with Gasteiger partial charge >= 0.3 is 17.8 Å². The van der Waals surface area contributed by atoms with Crippen molar-refractivity contribution in [3.8, 4) is 11.1 Å². The molecule has 2 aromatic carbocycles. The molecule has 0 aliphatic carbocycles. The molecule has 0 bridgehead atoms. The van der Waals surface area contributed by atoms with Gasteiger partial charge in [-0.3, -0.25) is 19.8 Å². The number of hydrogen-bond acceptors (Lipinski definition) is 5. The smallest absolute Gasteiger partial charge is 0.323 e. The highest BCUT2D eigenvalue weighted by molar-refractivity contribution is 6.35. The lowest BCUT2D eigenvalue weighted by Gasteiger charge is -2.18. The number of nitrogens with one attached hydrogen (secondary N) is 2. The summed E-state index contributed by atoms with van der Waals surface area (Å²) in [6, 6.07) is 14.5. The van der Waals surface area contributed by atoms with Gasteiger partial charge in [-0.25, -0.2) is 5.84 Å². The van der Waals surface area contributed by atoms with E-state index in [0.29, 0.717) is 11.4 Å². The van der Waals surface area contributed by atoms with Crippen molar-refractivity contribution < 1.29 is 19.1 Å². The van der Waals surface area contributed by atoms with Crippen LogP contribution in [-0.4, -0.2) is 30.4 Å². The van der Waals surface area contributed by atoms with Crippen LogP contribution in [0.3, 0.4) is 0 Å². The molecule has 0 aliphatic rings. The summed E-state index contributed by atoms with van der Waals surface area (Å²) >= 11 is 6.03. The normalized spacial score (nSPS) is 11.4. The van der Waals surface area contributed by atoms with Crippen molar-refractivity contribution in [1.29, 1.82) is 0 Å². The van der Waals surface area contributed by atoms with Crippen molar-refractivity contribution >= 4 is 29.4 Å². The first-order valence-corrected chi connectivity index (χ1v) is 9.12. The number of hydrazine groups is 1. The highest BCUT2D eigenvalue weighted by atomic mass is 35.5. The van der Waals surface area contributed by atoms with Crippen LogP contribution in [0.25, 0.3) is 11.1 Å². The topological polar surface area (TPSA) is 111 Å². The zero-order chi connectivity index (χ0) is 20.5. The fourth-order valence-electron chi connectivity index (χ4n) is 2.70. The standard InChI is InChI=1S/C20H22ClN3O4/c1-2-28-18(25)12-17(23-19(26)20(27)24-22)10-13-6-8-14(9-7-13)15-4-3-5-16(21)11-15/h3-9,11,17H,2,10,12,22H2,1H3,(H,23,26)(H,24,27)/t17-/m1/s1. The van der Waals surface area contributed by atoms with Gasteiger partial charge in [0.05, 0.1) is 13.0 Å². The van der Waals surface area contributed by atoms with Crippen LogP contribution in [0.15, 0.2) is 48.5 Å². The van der Waals surface area contributed by atoms with Crippen LogP contribution >= 0.6 is 11.6 Å². The minimum Gasteiger partial charge on any atom is -0.466 e. The summed E-state index contributed by atoms with van der Waals surface area (Å²) in [5.74, 6) is 2.62. The number of benzene rings is 2. The predicted molar refractivity (Wildman–Crippen MR) is 106 cm³/mol. The number of esters is 1. The van der Waals surface area contributed by atoms with Crippen molar-refractivity contribution in [2.45, 2.75) is 25.8 Å². The fraction of sp³-hybridized carbons (Fsp3) is 0.250. The lowest BCUT2D eigenvalue weighted by atomic mass is 9.99. The van der Waals surface area contributed by atoms with E-state index in [0.717, 1.165) is 16.7 Å². The van der Waals surface area contributed by atoms with E-state index < -0.39 is 23.8 Å². The molecule has 0 heterocycles. The number of hydrogen-bond donors (Lipinski definition) is 3. The Morgan fingerprint density at radius 1 is 1.07 bits per heavy atom. The van der Waals surface area contributed by atoms with E-state index >= 15 is 0 Å². The maximum absolute atomic E-state index is 11.8. The minimum atomic E-state index is -0.981. The first kappa shape index (κ1) is 21.4. The maximum atomic E-state index is 11.8. The molecular weight excluding hydrogens is 382 g/mol. The third-order valence-corrected chi connectivity index (χ3v) is 4.22. The van der Waals surface area contributed by atoms with Gasteiger partial charge in [0.2, 0.25) is 0 Å². The second kappa shape index (κ2) is 10.4. The summed E-state index contributed by atoms with van der Waals surface area (Å²) in [4.78, 5) is 35.0. The molecule has 0 aliphatic heterocycles. The summed E-state index contributed by atoms with van der Waals surface area (Å²) in [5, 5.41) is 3.16. The Bertz CT molecular complexity index is 840. The van der Waals surface area contributed by atoms with Crippen molar-refractivity contribution in [2.75, 3.05) is 6.61 Å². The van der Waals surface area contributed by atoms with Crippen molar-refractivity contribution in [1.82, 2.24) is 10.7 Å². The van der Waals surface area contributed by atoms with E-state index in [2.05, 4.69) is 5.32 Å². The monoisotopic (exact) mass is 403 g/mol. The Morgan fingerprint density at radius 3 is 2.39 bits per heavy atom. The lowest BCUT2D eigenvalue weighted by molar-refractivity contribution is -0.144. The van der Waals surface area contributed by atoms with Crippen LogP contribution in [0.2, 0.25) is 5.02 Å². The van der Waals surface area contributed by atoms with Crippen molar-refractivity contribution in [2.24, 2.45) is 5.84 Å². The summed E-state index contributed by atoms with van der Waals surface area (Å²) in [7, 11) is 0. The van der Waals surface area contributed by atoms with Crippen LogP contribution in [0.1, 0.15) is 18.9 Å². The fourth-order valence-corrected chi connectivity index (χ4v) is 2.89. The van der Waals surface area contributed by atoms with Gasteiger partial charge in [-0.1, -0.05) is 48.0 Å². The van der Waals surface area contributed by atoms with Crippen LogP contribution in [0.5, 0.6) is 0 Å². The third-order valence-electron chi connectivity index (χ3n) is 3.98. The van der Waals surface area contributed by atoms with E-state index in [1.807, 2.05) is 42.5 Å². The molecule has 0 aromatic heterocycles. The van der Waals surface area contributed by atoms with Gasteiger partial charge in [-0.05, 0) is 42.2 Å². The van der Waals surface area contributed by atoms with Crippen LogP contribution in [0.4, 0.5) is 0 Å². The lowest BCUT2D eigenvalue weighted by Crippen LogP contribution is -2.48. The van der Waals surface area contributed by atoms with Gasteiger partial charge < -0.3 is 10.1 Å². The number of nitrogens with two attached hydrogens (primary N) is 1. The van der Waals surface area contributed by atoms with Gasteiger partial charge in [0.25, 0.3) is 0 Å². The number of ether oxygens (including phenoxy) is 1. The number of rotatable bonds is 7. The maximum Gasteiger partial charge on any atom is 0.323 e. The number of carbonyl (C=O) groups excluding carboxylic acids is 3. The first-order valence-electron chi connectivity index (χ1n) is 8.74. The summed E-state index contributed by atoms with van der Waals surface area (Å²) in [6.45, 7) is 1.93. The van der Waals surface area contributed by atoms with E-state index in [1.165, 1.54) is 0 Å². The van der Waals surface area contributed by atoms with E-state index in [9.17, 15) is 14.4 Å². The number of amides is 2. The summed E-state index contributed by atoms with van der Waals surface area (Å²) in [6.07, 6.45) is 0.283. The van der Waals surface area contributed by atoms with Crippen LogP contribution < -0.4 is 16.6 Å². The molecule has 2 aromatic rings. The van der Waals surface area contributed by atoms with Gasteiger partial charge in [0.15, 0.2) is 0 Å². The molecule has 8 heteroatoms. The zero-order valence-corrected chi connectivity index (χ0v) is 16.2. The summed E-state index contributed by atoms with van der Waals surface area (Å²) < 4.78 is 4.94. The Hall–Kier alpha value is -2.90. The van der Waals surface area contributed by atoms with E-state index in [4.69, 9.17) is 22.2 Å². The molecule has 0 saturated heterocycles. The van der Waals surface area contributed by atoms with Gasteiger partial charge in [-0.15, -0.1) is 0 Å².